The summed E-state index contributed by atoms with van der Waals surface area (Å²) in [4.78, 5) is 22.6. The van der Waals surface area contributed by atoms with Crippen molar-refractivity contribution in [3.8, 4) is 0 Å². The number of carboxylic acids is 1. The Hall–Kier alpha value is -1.78. The Balaban J connectivity index is 2.34. The molecule has 0 aliphatic heterocycles. The van der Waals surface area contributed by atoms with Crippen LogP contribution in [0.2, 0.25) is 0 Å². The second-order valence-corrected chi connectivity index (χ2v) is 4.23. The highest BCUT2D eigenvalue weighted by atomic mass is 16.4. The van der Waals surface area contributed by atoms with Crippen molar-refractivity contribution >= 4 is 11.9 Å². The van der Waals surface area contributed by atoms with Crippen molar-refractivity contribution in [3.63, 3.8) is 0 Å². The minimum Gasteiger partial charge on any atom is -0.480 e. The van der Waals surface area contributed by atoms with Gasteiger partial charge in [-0.25, -0.2) is 4.79 Å². The molecule has 1 aromatic heterocycles. The van der Waals surface area contributed by atoms with Gasteiger partial charge in [-0.05, 0) is 24.5 Å². The van der Waals surface area contributed by atoms with Crippen LogP contribution in [-0.4, -0.2) is 23.0 Å². The van der Waals surface area contributed by atoms with E-state index in [1.54, 1.807) is 18.6 Å². The van der Waals surface area contributed by atoms with Crippen LogP contribution in [0, 0.1) is 0 Å². The van der Waals surface area contributed by atoms with Crippen molar-refractivity contribution in [1.82, 2.24) is 5.32 Å². The van der Waals surface area contributed by atoms with Gasteiger partial charge in [-0.15, -0.1) is 0 Å². The smallest absolute Gasteiger partial charge is 0.326 e. The summed E-state index contributed by atoms with van der Waals surface area (Å²) in [5.41, 5.74) is 0.936. The van der Waals surface area contributed by atoms with E-state index in [0.717, 1.165) is 18.4 Å². The summed E-state index contributed by atoms with van der Waals surface area (Å²) < 4.78 is 4.89. The molecule has 2 N–H and O–H groups in total. The number of carbonyl (C=O) groups excluding carboxylic acids is 1. The summed E-state index contributed by atoms with van der Waals surface area (Å²) in [7, 11) is 0. The highest BCUT2D eigenvalue weighted by molar-refractivity contribution is 5.83. The molecule has 0 spiro atoms. The number of furan rings is 1. The lowest BCUT2D eigenvalue weighted by Gasteiger charge is -2.13. The molecule has 0 aliphatic carbocycles. The van der Waals surface area contributed by atoms with Crippen LogP contribution in [0.5, 0.6) is 0 Å². The quantitative estimate of drug-likeness (QED) is 0.742. The predicted octanol–water partition coefficient (Wildman–Crippen LogP) is 1.97. The summed E-state index contributed by atoms with van der Waals surface area (Å²) in [5.74, 6) is -1.21. The molecule has 0 bridgehead atoms. The number of unbranched alkanes of at least 4 members (excludes halogenated alkanes) is 1. The highest BCUT2D eigenvalue weighted by Crippen LogP contribution is 2.05. The lowest BCUT2D eigenvalue weighted by atomic mass is 10.1. The van der Waals surface area contributed by atoms with Gasteiger partial charge in [-0.1, -0.05) is 19.8 Å². The zero-order valence-corrected chi connectivity index (χ0v) is 10.5. The molecule has 1 rings (SSSR count). The average Bonchev–Trinajstić information content (AvgIpc) is 2.84. The number of carbonyl (C=O) groups is 2. The van der Waals surface area contributed by atoms with Gasteiger partial charge < -0.3 is 14.8 Å². The first-order valence-corrected chi connectivity index (χ1v) is 6.16. The lowest BCUT2D eigenvalue weighted by molar-refractivity contribution is -0.142. The van der Waals surface area contributed by atoms with Crippen LogP contribution in [0.25, 0.3) is 0 Å². The minimum absolute atomic E-state index is 0.236. The van der Waals surface area contributed by atoms with E-state index >= 15 is 0 Å². The van der Waals surface area contributed by atoms with Gasteiger partial charge in [0.1, 0.15) is 6.04 Å². The molecular formula is C13H19NO4. The summed E-state index contributed by atoms with van der Waals surface area (Å²) in [6, 6.07) is 1.01. The number of aliphatic carboxylic acids is 1. The second-order valence-electron chi connectivity index (χ2n) is 4.23. The molecule has 100 valence electrons. The SMILES string of the molecule is CCCCC(NC(=O)CCc1ccoc1)C(=O)O. The molecule has 1 amide bonds. The maximum atomic E-state index is 11.6. The third kappa shape index (κ3) is 5.03. The van der Waals surface area contributed by atoms with E-state index in [4.69, 9.17) is 9.52 Å². The van der Waals surface area contributed by atoms with Crippen LogP contribution in [0.3, 0.4) is 0 Å². The van der Waals surface area contributed by atoms with Gasteiger partial charge in [0.05, 0.1) is 12.5 Å². The topological polar surface area (TPSA) is 79.5 Å². The van der Waals surface area contributed by atoms with E-state index in [-0.39, 0.29) is 12.3 Å². The molecule has 1 atom stereocenters. The summed E-state index contributed by atoms with van der Waals surface area (Å²) in [6.45, 7) is 1.99. The van der Waals surface area contributed by atoms with Gasteiger partial charge in [0.25, 0.3) is 0 Å². The molecule has 1 aromatic rings. The second kappa shape index (κ2) is 7.53. The summed E-state index contributed by atoms with van der Waals surface area (Å²) >= 11 is 0. The van der Waals surface area contributed by atoms with Crippen molar-refractivity contribution in [2.45, 2.75) is 45.1 Å². The first-order valence-electron chi connectivity index (χ1n) is 6.16. The van der Waals surface area contributed by atoms with Crippen molar-refractivity contribution < 1.29 is 19.1 Å². The lowest BCUT2D eigenvalue weighted by Crippen LogP contribution is -2.40. The fourth-order valence-electron chi connectivity index (χ4n) is 1.62. The predicted molar refractivity (Wildman–Crippen MR) is 66.1 cm³/mol. The zero-order chi connectivity index (χ0) is 13.4. The van der Waals surface area contributed by atoms with Gasteiger partial charge in [0.2, 0.25) is 5.91 Å². The Morgan fingerprint density at radius 1 is 1.50 bits per heavy atom. The Labute approximate surface area is 106 Å². The molecule has 0 aromatic carbocycles. The van der Waals surface area contributed by atoms with E-state index in [1.807, 2.05) is 6.92 Å². The van der Waals surface area contributed by atoms with E-state index in [2.05, 4.69) is 5.32 Å². The fourth-order valence-corrected chi connectivity index (χ4v) is 1.62. The molecule has 0 radical (unpaired) electrons. The molecule has 1 unspecified atom stereocenters. The molecule has 0 saturated carbocycles. The number of rotatable bonds is 8. The number of hydrogen-bond acceptors (Lipinski definition) is 3. The van der Waals surface area contributed by atoms with Gasteiger partial charge in [0, 0.05) is 6.42 Å². The molecule has 0 fully saturated rings. The largest absolute Gasteiger partial charge is 0.480 e. The fraction of sp³-hybridized carbons (Fsp3) is 0.538. The molecule has 0 saturated heterocycles. The standard InChI is InChI=1S/C13H19NO4/c1-2-3-4-11(13(16)17)14-12(15)6-5-10-7-8-18-9-10/h7-9,11H,2-6H2,1H3,(H,14,15)(H,16,17). The maximum Gasteiger partial charge on any atom is 0.326 e. The molecular weight excluding hydrogens is 234 g/mol. The molecule has 5 nitrogen and oxygen atoms in total. The zero-order valence-electron chi connectivity index (χ0n) is 10.5. The van der Waals surface area contributed by atoms with Crippen LogP contribution < -0.4 is 5.32 Å². The summed E-state index contributed by atoms with van der Waals surface area (Å²) in [5, 5.41) is 11.5. The van der Waals surface area contributed by atoms with Crippen molar-refractivity contribution in [3.05, 3.63) is 24.2 Å². The van der Waals surface area contributed by atoms with E-state index in [0.29, 0.717) is 12.8 Å². The van der Waals surface area contributed by atoms with Crippen molar-refractivity contribution in [2.24, 2.45) is 0 Å². The van der Waals surface area contributed by atoms with Crippen molar-refractivity contribution in [1.29, 1.82) is 0 Å². The van der Waals surface area contributed by atoms with Crippen molar-refractivity contribution in [2.75, 3.05) is 0 Å². The van der Waals surface area contributed by atoms with Crippen LogP contribution in [0.4, 0.5) is 0 Å². The number of hydrogen-bond donors (Lipinski definition) is 2. The van der Waals surface area contributed by atoms with Crippen LogP contribution in [-0.2, 0) is 16.0 Å². The Morgan fingerprint density at radius 2 is 2.28 bits per heavy atom. The third-order valence-corrected chi connectivity index (χ3v) is 2.70. The van der Waals surface area contributed by atoms with Crippen LogP contribution in [0.1, 0.15) is 38.2 Å². The first kappa shape index (κ1) is 14.3. The Morgan fingerprint density at radius 3 is 2.83 bits per heavy atom. The summed E-state index contributed by atoms with van der Waals surface area (Å²) in [6.07, 6.45) is 6.14. The maximum absolute atomic E-state index is 11.6. The van der Waals surface area contributed by atoms with Gasteiger partial charge in [-0.2, -0.15) is 0 Å². The number of nitrogens with one attached hydrogen (secondary N) is 1. The molecule has 18 heavy (non-hydrogen) atoms. The first-order chi connectivity index (χ1) is 8.63. The number of aryl methyl sites for hydroxylation is 1. The van der Waals surface area contributed by atoms with Gasteiger partial charge in [0.15, 0.2) is 0 Å². The van der Waals surface area contributed by atoms with E-state index in [1.165, 1.54) is 0 Å². The number of amides is 1. The van der Waals surface area contributed by atoms with E-state index in [9.17, 15) is 9.59 Å². The van der Waals surface area contributed by atoms with Crippen LogP contribution >= 0.6 is 0 Å². The van der Waals surface area contributed by atoms with Gasteiger partial charge >= 0.3 is 5.97 Å². The Bertz CT molecular complexity index is 372. The Kier molecular flexibility index (Phi) is 5.97. The van der Waals surface area contributed by atoms with E-state index < -0.39 is 12.0 Å². The molecule has 1 heterocycles. The third-order valence-electron chi connectivity index (χ3n) is 2.70. The minimum atomic E-state index is -0.972. The van der Waals surface area contributed by atoms with Gasteiger partial charge in [-0.3, -0.25) is 4.79 Å². The number of carboxylic acid groups (broad SMARTS) is 1. The molecule has 5 heteroatoms. The normalized spacial score (nSPS) is 12.1. The highest BCUT2D eigenvalue weighted by Gasteiger charge is 2.18. The molecule has 0 aliphatic rings. The average molecular weight is 253 g/mol. The van der Waals surface area contributed by atoms with Crippen LogP contribution in [0.15, 0.2) is 23.0 Å². The monoisotopic (exact) mass is 253 g/mol.